The molecule has 128 valence electrons. The lowest BCUT2D eigenvalue weighted by Crippen LogP contribution is -2.36. The number of nitrogens with zero attached hydrogens (tertiary/aromatic N) is 2. The van der Waals surface area contributed by atoms with Crippen LogP contribution in [0.2, 0.25) is 0 Å². The van der Waals surface area contributed by atoms with Crippen LogP contribution in [-0.2, 0) is 11.2 Å². The molecular weight excluding hydrogens is 310 g/mol. The molecule has 8 heteroatoms. The van der Waals surface area contributed by atoms with Gasteiger partial charge in [-0.05, 0) is 19.7 Å². The summed E-state index contributed by atoms with van der Waals surface area (Å²) in [5, 5.41) is 8.80. The third kappa shape index (κ3) is 5.17. The Bertz CT molecular complexity index is 782. The molecule has 3 N–H and O–H groups in total. The van der Waals surface area contributed by atoms with E-state index < -0.39 is 11.2 Å². The summed E-state index contributed by atoms with van der Waals surface area (Å²) in [4.78, 5) is 38.8. The Labute approximate surface area is 138 Å². The highest BCUT2D eigenvalue weighted by molar-refractivity contribution is 5.76. The molecule has 1 heterocycles. The Morgan fingerprint density at radius 2 is 1.96 bits per heavy atom. The molecule has 0 saturated carbocycles. The average Bonchev–Trinajstić information content (AvgIpc) is 2.54. The maximum Gasteiger partial charge on any atom is 0.342 e. The number of aromatic nitrogens is 3. The Kier molecular flexibility index (Phi) is 6.02. The van der Waals surface area contributed by atoms with Crippen LogP contribution < -0.4 is 16.6 Å². The van der Waals surface area contributed by atoms with E-state index in [0.717, 1.165) is 5.56 Å². The van der Waals surface area contributed by atoms with Crippen molar-refractivity contribution in [1.82, 2.24) is 25.4 Å². The highest BCUT2D eigenvalue weighted by atomic mass is 16.2. The highest BCUT2D eigenvalue weighted by Gasteiger charge is 2.16. The van der Waals surface area contributed by atoms with Gasteiger partial charge in [0.05, 0.1) is 6.04 Å². The molecule has 2 rings (SSSR count). The third-order valence-corrected chi connectivity index (χ3v) is 3.46. The minimum Gasteiger partial charge on any atom is -0.348 e. The summed E-state index contributed by atoms with van der Waals surface area (Å²) >= 11 is 0. The minimum atomic E-state index is -0.664. The van der Waals surface area contributed by atoms with Crippen molar-refractivity contribution in [3.63, 3.8) is 0 Å². The molecule has 1 aromatic carbocycles. The molecule has 1 atom stereocenters. The van der Waals surface area contributed by atoms with E-state index in [0.29, 0.717) is 6.54 Å². The second-order valence-corrected chi connectivity index (χ2v) is 5.75. The van der Waals surface area contributed by atoms with Crippen molar-refractivity contribution in [3.05, 3.63) is 62.4 Å². The first kappa shape index (κ1) is 17.6. The van der Waals surface area contributed by atoms with E-state index >= 15 is 0 Å². The Balaban J connectivity index is 2.00. The molecular formula is C16H21N5O3. The number of aryl methyl sites for hydroxylation is 1. The zero-order valence-corrected chi connectivity index (χ0v) is 13.7. The van der Waals surface area contributed by atoms with Crippen LogP contribution in [0.4, 0.5) is 0 Å². The predicted molar refractivity (Wildman–Crippen MR) is 89.7 cm³/mol. The highest BCUT2D eigenvalue weighted by Crippen LogP contribution is 2.13. The summed E-state index contributed by atoms with van der Waals surface area (Å²) in [6, 6.07) is 9.55. The maximum absolute atomic E-state index is 12.2. The van der Waals surface area contributed by atoms with Crippen LogP contribution in [0.3, 0.4) is 0 Å². The van der Waals surface area contributed by atoms with Gasteiger partial charge in [-0.25, -0.2) is 9.89 Å². The van der Waals surface area contributed by atoms with Gasteiger partial charge in [-0.3, -0.25) is 14.6 Å². The predicted octanol–water partition coefficient (Wildman–Crippen LogP) is -0.190. The van der Waals surface area contributed by atoms with Crippen molar-refractivity contribution in [2.24, 2.45) is 0 Å². The van der Waals surface area contributed by atoms with Crippen molar-refractivity contribution >= 4 is 5.91 Å². The summed E-state index contributed by atoms with van der Waals surface area (Å²) in [6.07, 6.45) is 0.264. The average molecular weight is 331 g/mol. The first-order valence-corrected chi connectivity index (χ1v) is 7.62. The van der Waals surface area contributed by atoms with Gasteiger partial charge in [0.2, 0.25) is 5.91 Å². The summed E-state index contributed by atoms with van der Waals surface area (Å²) in [5.74, 6) is -0.182. The van der Waals surface area contributed by atoms with Gasteiger partial charge in [0.15, 0.2) is 0 Å². The van der Waals surface area contributed by atoms with Crippen LogP contribution >= 0.6 is 0 Å². The van der Waals surface area contributed by atoms with E-state index in [4.69, 9.17) is 0 Å². The normalized spacial score (nSPS) is 12.1. The Hall–Kier alpha value is -2.74. The van der Waals surface area contributed by atoms with Crippen molar-refractivity contribution in [1.29, 1.82) is 0 Å². The fraction of sp³-hybridized carbons (Fsp3) is 0.375. The number of hydrogen-bond donors (Lipinski definition) is 3. The number of carbonyl (C=O) groups is 1. The number of amides is 1. The maximum atomic E-state index is 12.2. The van der Waals surface area contributed by atoms with E-state index in [1.54, 1.807) is 0 Å². The van der Waals surface area contributed by atoms with Crippen LogP contribution in [0.15, 0.2) is 39.9 Å². The standard InChI is InChI=1S/C16H21N5O3/c1-21(2)10-13(11-6-4-3-5-7-11)17-14(22)9-8-12-15(23)18-16(24)20-19-12/h3-7,13H,8-10H2,1-2H3,(H,17,22)(H2,18,20,23,24). The van der Waals surface area contributed by atoms with E-state index in [9.17, 15) is 14.4 Å². The first-order valence-electron chi connectivity index (χ1n) is 7.62. The molecule has 0 spiro atoms. The molecule has 1 unspecified atom stereocenters. The zero-order chi connectivity index (χ0) is 17.5. The molecule has 24 heavy (non-hydrogen) atoms. The number of hydrogen-bond acceptors (Lipinski definition) is 5. The monoisotopic (exact) mass is 331 g/mol. The number of carbonyl (C=O) groups excluding carboxylic acids is 1. The molecule has 0 bridgehead atoms. The molecule has 0 aliphatic rings. The van der Waals surface area contributed by atoms with Crippen LogP contribution in [0.1, 0.15) is 23.7 Å². The molecule has 0 aliphatic carbocycles. The lowest BCUT2D eigenvalue weighted by Gasteiger charge is -2.22. The van der Waals surface area contributed by atoms with Gasteiger partial charge in [0.25, 0.3) is 5.56 Å². The fourth-order valence-corrected chi connectivity index (χ4v) is 2.32. The number of likely N-dealkylation sites (N-methyl/N-ethyl adjacent to an activating group) is 1. The number of rotatable bonds is 7. The van der Waals surface area contributed by atoms with Gasteiger partial charge in [-0.15, -0.1) is 0 Å². The van der Waals surface area contributed by atoms with Crippen LogP contribution in [-0.4, -0.2) is 46.6 Å². The third-order valence-electron chi connectivity index (χ3n) is 3.46. The molecule has 1 amide bonds. The topological polar surface area (TPSA) is 111 Å². The summed E-state index contributed by atoms with van der Waals surface area (Å²) in [7, 11) is 3.87. The van der Waals surface area contributed by atoms with Crippen molar-refractivity contribution in [2.45, 2.75) is 18.9 Å². The zero-order valence-electron chi connectivity index (χ0n) is 13.7. The van der Waals surface area contributed by atoms with E-state index in [-0.39, 0.29) is 30.5 Å². The van der Waals surface area contributed by atoms with E-state index in [2.05, 4.69) is 20.5 Å². The van der Waals surface area contributed by atoms with Gasteiger partial charge >= 0.3 is 5.69 Å². The summed E-state index contributed by atoms with van der Waals surface area (Å²) in [6.45, 7) is 0.660. The van der Waals surface area contributed by atoms with Crippen LogP contribution in [0.5, 0.6) is 0 Å². The molecule has 0 fully saturated rings. The van der Waals surface area contributed by atoms with Gasteiger partial charge in [0.1, 0.15) is 5.69 Å². The Morgan fingerprint density at radius 1 is 1.25 bits per heavy atom. The van der Waals surface area contributed by atoms with E-state index in [1.807, 2.05) is 49.3 Å². The van der Waals surface area contributed by atoms with Crippen molar-refractivity contribution < 1.29 is 4.79 Å². The molecule has 0 saturated heterocycles. The van der Waals surface area contributed by atoms with Crippen molar-refractivity contribution in [2.75, 3.05) is 20.6 Å². The minimum absolute atomic E-state index is 0.110. The lowest BCUT2D eigenvalue weighted by molar-refractivity contribution is -0.121. The van der Waals surface area contributed by atoms with Gasteiger partial charge < -0.3 is 10.2 Å². The van der Waals surface area contributed by atoms with Crippen LogP contribution in [0.25, 0.3) is 0 Å². The fourth-order valence-electron chi connectivity index (χ4n) is 2.32. The van der Waals surface area contributed by atoms with Gasteiger partial charge in [-0.2, -0.15) is 5.10 Å². The lowest BCUT2D eigenvalue weighted by atomic mass is 10.1. The molecule has 0 aliphatic heterocycles. The number of H-pyrrole nitrogens is 2. The first-order chi connectivity index (χ1) is 11.5. The number of nitrogens with one attached hydrogen (secondary N) is 3. The van der Waals surface area contributed by atoms with Crippen molar-refractivity contribution in [3.8, 4) is 0 Å². The smallest absolute Gasteiger partial charge is 0.342 e. The molecule has 8 nitrogen and oxygen atoms in total. The molecule has 2 aromatic rings. The Morgan fingerprint density at radius 3 is 2.58 bits per heavy atom. The number of benzene rings is 1. The summed E-state index contributed by atoms with van der Waals surface area (Å²) < 4.78 is 0. The summed E-state index contributed by atoms with van der Waals surface area (Å²) in [5.41, 5.74) is -0.0871. The van der Waals surface area contributed by atoms with Crippen LogP contribution in [0, 0.1) is 0 Å². The van der Waals surface area contributed by atoms with E-state index in [1.165, 1.54) is 0 Å². The quantitative estimate of drug-likeness (QED) is 0.651. The molecule has 0 radical (unpaired) electrons. The second-order valence-electron chi connectivity index (χ2n) is 5.75. The SMILES string of the molecule is CN(C)CC(NC(=O)CCc1n[nH]c(=O)[nH]c1=O)c1ccccc1. The van der Waals surface area contributed by atoms with Gasteiger partial charge in [0, 0.05) is 19.4 Å². The number of aromatic amines is 2. The van der Waals surface area contributed by atoms with Gasteiger partial charge in [-0.1, -0.05) is 30.3 Å². The second kappa shape index (κ2) is 8.21. The largest absolute Gasteiger partial charge is 0.348 e. The molecule has 1 aromatic heterocycles.